The molecule has 44 heavy (non-hydrogen) atoms. The molecule has 0 saturated heterocycles. The maximum atomic E-state index is 13.8. The van der Waals surface area contributed by atoms with Gasteiger partial charge in [0.05, 0.1) is 35.1 Å². The van der Waals surface area contributed by atoms with Gasteiger partial charge in [0, 0.05) is 5.69 Å². The van der Waals surface area contributed by atoms with E-state index in [9.17, 15) is 14.4 Å². The lowest BCUT2D eigenvalue weighted by Gasteiger charge is -2.24. The molecule has 1 amide bonds. The summed E-state index contributed by atoms with van der Waals surface area (Å²) in [6.07, 6.45) is 1.77. The molecule has 2 heterocycles. The van der Waals surface area contributed by atoms with Crippen LogP contribution in [-0.4, -0.2) is 36.3 Å². The lowest BCUT2D eigenvalue weighted by atomic mass is 9.96. The molecule has 5 rings (SSSR count). The van der Waals surface area contributed by atoms with Crippen LogP contribution in [0, 0.1) is 6.92 Å². The van der Waals surface area contributed by atoms with Gasteiger partial charge in [0.15, 0.2) is 11.4 Å². The van der Waals surface area contributed by atoms with Crippen LogP contribution in [0.3, 0.4) is 0 Å². The molecule has 1 aliphatic rings. The van der Waals surface area contributed by atoms with Crippen molar-refractivity contribution in [3.05, 3.63) is 120 Å². The number of carbonyl (C=O) groups is 2. The van der Waals surface area contributed by atoms with E-state index in [2.05, 4.69) is 10.3 Å². The van der Waals surface area contributed by atoms with Crippen LogP contribution in [0.5, 0.6) is 11.5 Å². The van der Waals surface area contributed by atoms with Crippen LogP contribution in [-0.2, 0) is 14.3 Å². The topological polar surface area (TPSA) is 108 Å². The average Bonchev–Trinajstić information content (AvgIpc) is 3.31. The standard InChI is InChI=1S/C34H33N3O6S/c1-5-41-26-17-11-24(12-18-26)31-30(33(40)42-6-2)22(4)35-34-37(31)32(39)28(44-34)19-23-9-15-27(16-10-23)43-20-29(38)36-25-13-7-21(3)8-14-25/h7-19,31H,5-6,20H2,1-4H3,(H,36,38)/b28-19-/t31-/m1/s1. The number of nitrogens with zero attached hydrogens (tertiary/aromatic N) is 2. The van der Waals surface area contributed by atoms with Crippen LogP contribution in [0.25, 0.3) is 6.08 Å². The second-order valence-corrected chi connectivity index (χ2v) is 11.1. The van der Waals surface area contributed by atoms with Gasteiger partial charge >= 0.3 is 5.97 Å². The number of aryl methyl sites for hydroxylation is 1. The highest BCUT2D eigenvalue weighted by Gasteiger charge is 2.33. The zero-order valence-corrected chi connectivity index (χ0v) is 25.8. The molecule has 10 heteroatoms. The predicted molar refractivity (Wildman–Crippen MR) is 170 cm³/mol. The van der Waals surface area contributed by atoms with Crippen molar-refractivity contribution in [3.63, 3.8) is 0 Å². The molecule has 0 unspecified atom stereocenters. The number of thiazole rings is 1. The molecule has 0 aliphatic carbocycles. The average molecular weight is 612 g/mol. The first-order valence-corrected chi connectivity index (χ1v) is 15.1. The third-order valence-electron chi connectivity index (χ3n) is 6.91. The SMILES string of the molecule is CCOC(=O)C1=C(C)N=c2s/c(=C\c3ccc(OCC(=O)Nc4ccc(C)cc4)cc3)c(=O)n2[C@@H]1c1ccc(OCC)cc1. The minimum atomic E-state index is -0.704. The van der Waals surface area contributed by atoms with Gasteiger partial charge in [-0.2, -0.15) is 0 Å². The highest BCUT2D eigenvalue weighted by molar-refractivity contribution is 7.07. The summed E-state index contributed by atoms with van der Waals surface area (Å²) in [6, 6.07) is 21.3. The maximum Gasteiger partial charge on any atom is 0.338 e. The predicted octanol–water partition coefficient (Wildman–Crippen LogP) is 4.52. The minimum absolute atomic E-state index is 0.139. The quantitative estimate of drug-likeness (QED) is 0.264. The molecular weight excluding hydrogens is 578 g/mol. The molecule has 3 aromatic carbocycles. The molecule has 0 saturated carbocycles. The third kappa shape index (κ3) is 6.81. The fourth-order valence-corrected chi connectivity index (χ4v) is 5.86. The van der Waals surface area contributed by atoms with Crippen molar-refractivity contribution in [1.82, 2.24) is 4.57 Å². The Morgan fingerprint density at radius 3 is 2.23 bits per heavy atom. The summed E-state index contributed by atoms with van der Waals surface area (Å²) in [5.41, 5.74) is 3.88. The number of hydrogen-bond donors (Lipinski definition) is 1. The highest BCUT2D eigenvalue weighted by Crippen LogP contribution is 2.31. The van der Waals surface area contributed by atoms with E-state index in [1.165, 1.54) is 11.3 Å². The number of ether oxygens (including phenoxy) is 3. The normalized spacial score (nSPS) is 14.5. The van der Waals surface area contributed by atoms with E-state index in [-0.39, 0.29) is 24.7 Å². The Hall–Kier alpha value is -4.96. The Labute approximate surface area is 258 Å². The maximum absolute atomic E-state index is 13.8. The van der Waals surface area contributed by atoms with E-state index in [0.29, 0.717) is 44.4 Å². The molecule has 1 N–H and O–H groups in total. The van der Waals surface area contributed by atoms with Crippen molar-refractivity contribution in [3.8, 4) is 11.5 Å². The number of aromatic nitrogens is 1. The number of anilines is 1. The Kier molecular flexibility index (Phi) is 9.40. The second-order valence-electron chi connectivity index (χ2n) is 10.1. The number of esters is 1. The van der Waals surface area contributed by atoms with Crippen LogP contribution in [0.4, 0.5) is 5.69 Å². The second kappa shape index (κ2) is 13.6. The van der Waals surface area contributed by atoms with Gasteiger partial charge < -0.3 is 19.5 Å². The van der Waals surface area contributed by atoms with E-state index >= 15 is 0 Å². The zero-order chi connectivity index (χ0) is 31.2. The van der Waals surface area contributed by atoms with Crippen LogP contribution in [0.1, 0.15) is 43.5 Å². The number of allylic oxidation sites excluding steroid dienone is 1. The summed E-state index contributed by atoms with van der Waals surface area (Å²) in [5.74, 6) is 0.442. The van der Waals surface area contributed by atoms with Crippen molar-refractivity contribution in [1.29, 1.82) is 0 Å². The molecule has 0 spiro atoms. The molecular formula is C34H33N3O6S. The van der Waals surface area contributed by atoms with E-state index in [1.807, 2.05) is 74.5 Å². The van der Waals surface area contributed by atoms with Crippen molar-refractivity contribution in [2.24, 2.45) is 4.99 Å². The van der Waals surface area contributed by atoms with Gasteiger partial charge in [0.2, 0.25) is 0 Å². The fraction of sp³-hybridized carbons (Fsp3) is 0.235. The molecule has 1 aliphatic heterocycles. The largest absolute Gasteiger partial charge is 0.494 e. The van der Waals surface area contributed by atoms with Crippen LogP contribution < -0.4 is 29.7 Å². The van der Waals surface area contributed by atoms with Gasteiger partial charge in [0.1, 0.15) is 11.5 Å². The van der Waals surface area contributed by atoms with E-state index in [4.69, 9.17) is 14.2 Å². The van der Waals surface area contributed by atoms with Gasteiger partial charge in [-0.05, 0) is 81.3 Å². The number of amides is 1. The first-order valence-electron chi connectivity index (χ1n) is 14.3. The molecule has 9 nitrogen and oxygen atoms in total. The molecule has 1 aromatic heterocycles. The molecule has 0 radical (unpaired) electrons. The summed E-state index contributed by atoms with van der Waals surface area (Å²) >= 11 is 1.25. The third-order valence-corrected chi connectivity index (χ3v) is 7.89. The van der Waals surface area contributed by atoms with Crippen LogP contribution in [0.15, 0.2) is 93.9 Å². The first-order chi connectivity index (χ1) is 21.3. The molecule has 4 aromatic rings. The van der Waals surface area contributed by atoms with Crippen LogP contribution in [0.2, 0.25) is 0 Å². The van der Waals surface area contributed by atoms with Gasteiger partial charge in [-0.25, -0.2) is 9.79 Å². The summed E-state index contributed by atoms with van der Waals surface area (Å²) < 4.78 is 18.6. The summed E-state index contributed by atoms with van der Waals surface area (Å²) in [6.45, 7) is 7.97. The lowest BCUT2D eigenvalue weighted by Crippen LogP contribution is -2.39. The Morgan fingerprint density at radius 1 is 0.909 bits per heavy atom. The zero-order valence-electron chi connectivity index (χ0n) is 25.0. The summed E-state index contributed by atoms with van der Waals surface area (Å²) in [7, 11) is 0. The number of benzene rings is 3. The van der Waals surface area contributed by atoms with Gasteiger partial charge in [0.25, 0.3) is 11.5 Å². The highest BCUT2D eigenvalue weighted by atomic mass is 32.1. The van der Waals surface area contributed by atoms with E-state index < -0.39 is 12.0 Å². The molecule has 226 valence electrons. The van der Waals surface area contributed by atoms with E-state index in [1.54, 1.807) is 36.6 Å². The Balaban J connectivity index is 1.40. The first kappa shape index (κ1) is 30.5. The number of hydrogen-bond acceptors (Lipinski definition) is 8. The fourth-order valence-electron chi connectivity index (χ4n) is 4.81. The van der Waals surface area contributed by atoms with Crippen molar-refractivity contribution in [2.45, 2.75) is 33.7 Å². The van der Waals surface area contributed by atoms with Gasteiger partial charge in [-0.15, -0.1) is 0 Å². The van der Waals surface area contributed by atoms with Crippen molar-refractivity contribution >= 4 is 35.0 Å². The molecule has 1 atom stereocenters. The van der Waals surface area contributed by atoms with Gasteiger partial charge in [-0.3, -0.25) is 14.2 Å². The number of carbonyl (C=O) groups excluding carboxylic acids is 2. The number of rotatable bonds is 10. The van der Waals surface area contributed by atoms with E-state index in [0.717, 1.165) is 16.7 Å². The molecule has 0 bridgehead atoms. The smallest absolute Gasteiger partial charge is 0.338 e. The minimum Gasteiger partial charge on any atom is -0.494 e. The monoisotopic (exact) mass is 611 g/mol. The lowest BCUT2D eigenvalue weighted by molar-refractivity contribution is -0.139. The van der Waals surface area contributed by atoms with Crippen LogP contribution >= 0.6 is 11.3 Å². The Morgan fingerprint density at radius 2 is 1.57 bits per heavy atom. The van der Waals surface area contributed by atoms with Crippen molar-refractivity contribution < 1.29 is 23.8 Å². The van der Waals surface area contributed by atoms with Gasteiger partial charge in [-0.1, -0.05) is 53.3 Å². The summed E-state index contributed by atoms with van der Waals surface area (Å²) in [5, 5.41) is 2.80. The number of fused-ring (bicyclic) bond motifs is 1. The summed E-state index contributed by atoms with van der Waals surface area (Å²) in [4.78, 5) is 44.3. The van der Waals surface area contributed by atoms with Crippen molar-refractivity contribution in [2.75, 3.05) is 25.1 Å². The number of nitrogens with one attached hydrogen (secondary N) is 1. The molecule has 0 fully saturated rings. The Bertz CT molecular complexity index is 1870.